The lowest BCUT2D eigenvalue weighted by Crippen LogP contribution is -2.42. The minimum absolute atomic E-state index is 0.375. The fraction of sp³-hybridized carbons (Fsp3) is 0.318. The van der Waals surface area contributed by atoms with Crippen LogP contribution in [0.15, 0.2) is 48.5 Å². The standard InChI is InChI=1S/C22H24N2O4/c1-14(23-21(26)17-7-4-3-5-8-17)22(27)28-15(2)20(25)24-19-12-11-16-9-6-10-18(16)13-19/h3-5,7-8,11-15H,6,9-10H2,1-2H3,(H,23,26)(H,24,25)/t14-,15-/m0/s1. The van der Waals surface area contributed by atoms with Gasteiger partial charge in [-0.05, 0) is 68.5 Å². The van der Waals surface area contributed by atoms with E-state index >= 15 is 0 Å². The summed E-state index contributed by atoms with van der Waals surface area (Å²) in [5.41, 5.74) is 3.71. The van der Waals surface area contributed by atoms with Crippen molar-refractivity contribution in [1.82, 2.24) is 5.32 Å². The van der Waals surface area contributed by atoms with Crippen molar-refractivity contribution in [3.8, 4) is 0 Å². The van der Waals surface area contributed by atoms with Gasteiger partial charge in [0.2, 0.25) is 0 Å². The number of rotatable bonds is 6. The number of fused-ring (bicyclic) bond motifs is 1. The molecule has 3 rings (SSSR count). The number of amides is 2. The first kappa shape index (κ1) is 19.6. The Morgan fingerprint density at radius 1 is 0.964 bits per heavy atom. The Bertz CT molecular complexity index is 879. The molecule has 0 heterocycles. The number of hydrogen-bond acceptors (Lipinski definition) is 4. The van der Waals surface area contributed by atoms with Gasteiger partial charge in [-0.3, -0.25) is 9.59 Å². The number of benzene rings is 2. The van der Waals surface area contributed by atoms with Crippen molar-refractivity contribution in [2.24, 2.45) is 0 Å². The molecule has 2 aromatic rings. The Morgan fingerprint density at radius 2 is 1.68 bits per heavy atom. The number of carbonyl (C=O) groups excluding carboxylic acids is 3. The number of aryl methyl sites for hydroxylation is 2. The predicted octanol–water partition coefficient (Wildman–Crippen LogP) is 2.86. The van der Waals surface area contributed by atoms with Gasteiger partial charge in [0.05, 0.1) is 0 Å². The SMILES string of the molecule is C[C@H](NC(=O)c1ccccc1)C(=O)O[C@@H](C)C(=O)Nc1ccc2c(c1)CCC2. The fourth-order valence-electron chi connectivity index (χ4n) is 3.15. The van der Waals surface area contributed by atoms with E-state index in [9.17, 15) is 14.4 Å². The highest BCUT2D eigenvalue weighted by Gasteiger charge is 2.24. The Hall–Kier alpha value is -3.15. The van der Waals surface area contributed by atoms with E-state index in [-0.39, 0.29) is 5.91 Å². The third kappa shape index (κ3) is 4.76. The van der Waals surface area contributed by atoms with Gasteiger partial charge < -0.3 is 15.4 Å². The molecule has 0 saturated carbocycles. The van der Waals surface area contributed by atoms with Crippen LogP contribution in [0.3, 0.4) is 0 Å². The Labute approximate surface area is 164 Å². The maximum absolute atomic E-state index is 12.3. The summed E-state index contributed by atoms with van der Waals surface area (Å²) in [5, 5.41) is 5.35. The maximum atomic E-state index is 12.3. The van der Waals surface area contributed by atoms with E-state index in [1.165, 1.54) is 25.0 Å². The van der Waals surface area contributed by atoms with E-state index in [2.05, 4.69) is 10.6 Å². The van der Waals surface area contributed by atoms with E-state index < -0.39 is 24.0 Å². The van der Waals surface area contributed by atoms with Gasteiger partial charge in [0.1, 0.15) is 6.04 Å². The van der Waals surface area contributed by atoms with Gasteiger partial charge in [0.15, 0.2) is 6.10 Å². The monoisotopic (exact) mass is 380 g/mol. The van der Waals surface area contributed by atoms with Crippen LogP contribution >= 0.6 is 0 Å². The first-order valence-corrected chi connectivity index (χ1v) is 9.43. The van der Waals surface area contributed by atoms with Crippen molar-refractivity contribution in [1.29, 1.82) is 0 Å². The zero-order valence-electron chi connectivity index (χ0n) is 16.0. The van der Waals surface area contributed by atoms with Crippen LogP contribution in [0, 0.1) is 0 Å². The third-order valence-corrected chi connectivity index (χ3v) is 4.77. The molecular formula is C22H24N2O4. The lowest BCUT2D eigenvalue weighted by molar-refractivity contribution is -0.154. The number of esters is 1. The molecule has 0 fully saturated rings. The third-order valence-electron chi connectivity index (χ3n) is 4.77. The number of carbonyl (C=O) groups is 3. The smallest absolute Gasteiger partial charge is 0.329 e. The van der Waals surface area contributed by atoms with Crippen LogP contribution in [0.4, 0.5) is 5.69 Å². The Kier molecular flexibility index (Phi) is 6.09. The van der Waals surface area contributed by atoms with Crippen molar-refractivity contribution < 1.29 is 19.1 Å². The van der Waals surface area contributed by atoms with Crippen LogP contribution in [0.1, 0.15) is 41.8 Å². The Balaban J connectivity index is 1.51. The summed E-state index contributed by atoms with van der Waals surface area (Å²) in [6.07, 6.45) is 2.25. The molecule has 2 aromatic carbocycles. The molecule has 0 bridgehead atoms. The first-order valence-electron chi connectivity index (χ1n) is 9.43. The molecule has 2 atom stereocenters. The molecule has 6 heteroatoms. The van der Waals surface area contributed by atoms with Gasteiger partial charge in [-0.2, -0.15) is 0 Å². The van der Waals surface area contributed by atoms with E-state index in [0.29, 0.717) is 11.3 Å². The number of anilines is 1. The number of hydrogen-bond donors (Lipinski definition) is 2. The number of ether oxygens (including phenoxy) is 1. The van der Waals surface area contributed by atoms with Crippen LogP contribution in [0.25, 0.3) is 0 Å². The Morgan fingerprint density at radius 3 is 2.43 bits per heavy atom. The summed E-state index contributed by atoms with van der Waals surface area (Å²) >= 11 is 0. The minimum atomic E-state index is -0.975. The summed E-state index contributed by atoms with van der Waals surface area (Å²) in [4.78, 5) is 36.7. The highest BCUT2D eigenvalue weighted by molar-refractivity contribution is 5.98. The molecule has 1 aliphatic carbocycles. The molecule has 146 valence electrons. The lowest BCUT2D eigenvalue weighted by atomic mass is 10.1. The van der Waals surface area contributed by atoms with Gasteiger partial charge in [-0.1, -0.05) is 24.3 Å². The van der Waals surface area contributed by atoms with Gasteiger partial charge in [0, 0.05) is 11.3 Å². The van der Waals surface area contributed by atoms with Crippen molar-refractivity contribution >= 4 is 23.5 Å². The van der Waals surface area contributed by atoms with Gasteiger partial charge in [-0.25, -0.2) is 4.79 Å². The lowest BCUT2D eigenvalue weighted by Gasteiger charge is -2.18. The van der Waals surface area contributed by atoms with Gasteiger partial charge >= 0.3 is 5.97 Å². The second-order valence-corrected chi connectivity index (χ2v) is 6.97. The normalized spacial score (nSPS) is 14.5. The summed E-state index contributed by atoms with van der Waals surface area (Å²) in [6.45, 7) is 3.03. The molecule has 6 nitrogen and oxygen atoms in total. The summed E-state index contributed by atoms with van der Waals surface area (Å²) < 4.78 is 5.21. The fourth-order valence-corrected chi connectivity index (χ4v) is 3.15. The average Bonchev–Trinajstić information content (AvgIpc) is 3.16. The second-order valence-electron chi connectivity index (χ2n) is 6.97. The van der Waals surface area contributed by atoms with Crippen LogP contribution < -0.4 is 10.6 Å². The molecule has 0 aromatic heterocycles. The van der Waals surface area contributed by atoms with E-state index in [1.807, 2.05) is 18.2 Å². The molecule has 2 amide bonds. The number of nitrogens with one attached hydrogen (secondary N) is 2. The molecule has 0 saturated heterocycles. The van der Waals surface area contributed by atoms with Crippen molar-refractivity contribution in [3.63, 3.8) is 0 Å². The minimum Gasteiger partial charge on any atom is -0.451 e. The molecule has 0 unspecified atom stereocenters. The summed E-state index contributed by atoms with van der Waals surface area (Å²) in [6, 6.07) is 13.6. The largest absolute Gasteiger partial charge is 0.451 e. The van der Waals surface area contributed by atoms with Crippen molar-refractivity contribution in [2.75, 3.05) is 5.32 Å². The zero-order valence-corrected chi connectivity index (χ0v) is 16.0. The topological polar surface area (TPSA) is 84.5 Å². The zero-order chi connectivity index (χ0) is 20.1. The molecule has 1 aliphatic rings. The van der Waals surface area contributed by atoms with Crippen LogP contribution in [-0.4, -0.2) is 29.9 Å². The maximum Gasteiger partial charge on any atom is 0.329 e. The molecule has 0 spiro atoms. The van der Waals surface area contributed by atoms with E-state index in [4.69, 9.17) is 4.74 Å². The second kappa shape index (κ2) is 8.69. The van der Waals surface area contributed by atoms with Crippen LogP contribution in [-0.2, 0) is 27.2 Å². The average molecular weight is 380 g/mol. The van der Waals surface area contributed by atoms with E-state index in [0.717, 1.165) is 19.3 Å². The van der Waals surface area contributed by atoms with Crippen LogP contribution in [0.5, 0.6) is 0 Å². The van der Waals surface area contributed by atoms with Crippen molar-refractivity contribution in [3.05, 3.63) is 65.2 Å². The summed E-state index contributed by atoms with van der Waals surface area (Å²) in [7, 11) is 0. The molecule has 28 heavy (non-hydrogen) atoms. The molecule has 0 aliphatic heterocycles. The molecular weight excluding hydrogens is 356 g/mol. The molecule has 0 radical (unpaired) electrons. The van der Waals surface area contributed by atoms with Crippen LogP contribution in [0.2, 0.25) is 0 Å². The quantitative estimate of drug-likeness (QED) is 0.755. The summed E-state index contributed by atoms with van der Waals surface area (Å²) in [5.74, 6) is -1.45. The molecule has 2 N–H and O–H groups in total. The highest BCUT2D eigenvalue weighted by Crippen LogP contribution is 2.25. The van der Waals surface area contributed by atoms with Crippen molar-refractivity contribution in [2.45, 2.75) is 45.3 Å². The first-order chi connectivity index (χ1) is 13.4. The predicted molar refractivity (Wildman–Crippen MR) is 106 cm³/mol. The van der Waals surface area contributed by atoms with E-state index in [1.54, 1.807) is 30.3 Å². The van der Waals surface area contributed by atoms with Gasteiger partial charge in [-0.15, -0.1) is 0 Å². The van der Waals surface area contributed by atoms with Gasteiger partial charge in [0.25, 0.3) is 11.8 Å². The highest BCUT2D eigenvalue weighted by atomic mass is 16.5.